The molecule has 5 nitrogen and oxygen atoms in total. The van der Waals surface area contributed by atoms with Crippen LogP contribution in [0.1, 0.15) is 6.42 Å². The Labute approximate surface area is 111 Å². The van der Waals surface area contributed by atoms with E-state index in [0.29, 0.717) is 6.54 Å². The van der Waals surface area contributed by atoms with E-state index in [0.717, 1.165) is 24.6 Å². The summed E-state index contributed by atoms with van der Waals surface area (Å²) in [4.78, 5) is 11.6. The van der Waals surface area contributed by atoms with E-state index in [1.165, 1.54) is 0 Å². The summed E-state index contributed by atoms with van der Waals surface area (Å²) in [6.45, 7) is 1.56. The minimum Gasteiger partial charge on any atom is -0.355 e. The fraction of sp³-hybridized carbons (Fsp3) is 0.600. The number of aromatic nitrogens is 2. The van der Waals surface area contributed by atoms with Gasteiger partial charge in [0.05, 0.1) is 6.04 Å². The van der Waals surface area contributed by atoms with Crippen molar-refractivity contribution in [2.45, 2.75) is 19.0 Å². The SMILES string of the molecule is Cl.O=C(NCCCn1cccn1)C1CSCN1. The molecule has 17 heavy (non-hydrogen) atoms. The molecule has 1 amide bonds. The zero-order valence-corrected chi connectivity index (χ0v) is 11.1. The van der Waals surface area contributed by atoms with E-state index in [9.17, 15) is 4.79 Å². The summed E-state index contributed by atoms with van der Waals surface area (Å²) in [5.74, 6) is 1.88. The Kier molecular flexibility index (Phi) is 6.39. The maximum atomic E-state index is 11.6. The van der Waals surface area contributed by atoms with Gasteiger partial charge in [-0.25, -0.2) is 0 Å². The van der Waals surface area contributed by atoms with Crippen LogP contribution in [0.2, 0.25) is 0 Å². The molecule has 1 unspecified atom stereocenters. The summed E-state index contributed by atoms with van der Waals surface area (Å²) in [6, 6.07) is 1.90. The topological polar surface area (TPSA) is 59.0 Å². The molecule has 96 valence electrons. The van der Waals surface area contributed by atoms with Crippen LogP contribution in [-0.4, -0.2) is 39.9 Å². The number of rotatable bonds is 5. The molecular formula is C10H17ClN4OS. The highest BCUT2D eigenvalue weighted by atomic mass is 35.5. The van der Waals surface area contributed by atoms with Crippen LogP contribution in [0, 0.1) is 0 Å². The van der Waals surface area contributed by atoms with Crippen LogP contribution in [0.15, 0.2) is 18.5 Å². The van der Waals surface area contributed by atoms with Crippen LogP contribution in [-0.2, 0) is 11.3 Å². The molecule has 0 radical (unpaired) electrons. The van der Waals surface area contributed by atoms with Gasteiger partial charge in [0.15, 0.2) is 0 Å². The van der Waals surface area contributed by atoms with Crippen molar-refractivity contribution in [2.24, 2.45) is 0 Å². The van der Waals surface area contributed by atoms with Crippen LogP contribution < -0.4 is 10.6 Å². The highest BCUT2D eigenvalue weighted by Crippen LogP contribution is 2.09. The molecule has 0 saturated carbocycles. The van der Waals surface area contributed by atoms with Gasteiger partial charge < -0.3 is 5.32 Å². The molecule has 2 rings (SSSR count). The average Bonchev–Trinajstić information content (AvgIpc) is 2.96. The van der Waals surface area contributed by atoms with E-state index >= 15 is 0 Å². The first-order valence-corrected chi connectivity index (χ1v) is 6.58. The minimum atomic E-state index is -0.00490. The van der Waals surface area contributed by atoms with Gasteiger partial charge in [0.1, 0.15) is 0 Å². The largest absolute Gasteiger partial charge is 0.355 e. The number of aryl methyl sites for hydroxylation is 1. The van der Waals surface area contributed by atoms with Gasteiger partial charge in [0.2, 0.25) is 5.91 Å². The monoisotopic (exact) mass is 276 g/mol. The Morgan fingerprint density at radius 1 is 1.65 bits per heavy atom. The van der Waals surface area contributed by atoms with Gasteiger partial charge in [-0.3, -0.25) is 14.8 Å². The van der Waals surface area contributed by atoms with E-state index in [2.05, 4.69) is 15.7 Å². The molecule has 0 aromatic carbocycles. The Morgan fingerprint density at radius 3 is 3.18 bits per heavy atom. The van der Waals surface area contributed by atoms with Crippen LogP contribution in [0.3, 0.4) is 0 Å². The number of hydrogen-bond donors (Lipinski definition) is 2. The molecule has 2 N–H and O–H groups in total. The first kappa shape index (κ1) is 14.3. The average molecular weight is 277 g/mol. The van der Waals surface area contributed by atoms with Gasteiger partial charge in [-0.1, -0.05) is 0 Å². The Morgan fingerprint density at radius 2 is 2.53 bits per heavy atom. The lowest BCUT2D eigenvalue weighted by Crippen LogP contribution is -2.42. The van der Waals surface area contributed by atoms with E-state index in [-0.39, 0.29) is 24.4 Å². The van der Waals surface area contributed by atoms with E-state index in [1.54, 1.807) is 18.0 Å². The maximum Gasteiger partial charge on any atom is 0.238 e. The minimum absolute atomic E-state index is 0. The van der Waals surface area contributed by atoms with Crippen molar-refractivity contribution in [3.05, 3.63) is 18.5 Å². The first-order valence-electron chi connectivity index (χ1n) is 5.42. The number of hydrogen-bond acceptors (Lipinski definition) is 4. The summed E-state index contributed by atoms with van der Waals surface area (Å²) in [7, 11) is 0. The predicted molar refractivity (Wildman–Crippen MR) is 71.4 cm³/mol. The summed E-state index contributed by atoms with van der Waals surface area (Å²) >= 11 is 1.76. The van der Waals surface area contributed by atoms with Gasteiger partial charge >= 0.3 is 0 Å². The summed E-state index contributed by atoms with van der Waals surface area (Å²) in [5.41, 5.74) is 0. The molecule has 1 aromatic rings. The molecular weight excluding hydrogens is 260 g/mol. The lowest BCUT2D eigenvalue weighted by molar-refractivity contribution is -0.122. The molecule has 1 aliphatic rings. The number of nitrogens with one attached hydrogen (secondary N) is 2. The molecule has 2 heterocycles. The smallest absolute Gasteiger partial charge is 0.238 e. The van der Waals surface area contributed by atoms with E-state index in [4.69, 9.17) is 0 Å². The highest BCUT2D eigenvalue weighted by Gasteiger charge is 2.21. The Bertz CT molecular complexity index is 327. The molecule has 0 aliphatic carbocycles. The maximum absolute atomic E-state index is 11.6. The van der Waals surface area contributed by atoms with Gasteiger partial charge in [0.25, 0.3) is 0 Å². The summed E-state index contributed by atoms with van der Waals surface area (Å²) in [5, 5.41) is 10.2. The predicted octanol–water partition coefficient (Wildman–Crippen LogP) is 0.474. The van der Waals surface area contributed by atoms with Gasteiger partial charge in [0, 0.05) is 37.1 Å². The fourth-order valence-corrected chi connectivity index (χ4v) is 2.51. The number of thioether (sulfide) groups is 1. The first-order chi connectivity index (χ1) is 7.86. The van der Waals surface area contributed by atoms with Gasteiger partial charge in [-0.05, 0) is 12.5 Å². The molecule has 1 saturated heterocycles. The van der Waals surface area contributed by atoms with Crippen LogP contribution in [0.5, 0.6) is 0 Å². The third-order valence-electron chi connectivity index (χ3n) is 2.46. The van der Waals surface area contributed by atoms with Crippen molar-refractivity contribution in [2.75, 3.05) is 18.2 Å². The highest BCUT2D eigenvalue weighted by molar-refractivity contribution is 7.99. The lowest BCUT2D eigenvalue weighted by Gasteiger charge is -2.10. The second kappa shape index (κ2) is 7.58. The third-order valence-corrected chi connectivity index (χ3v) is 3.40. The molecule has 1 aliphatic heterocycles. The molecule has 0 spiro atoms. The quantitative estimate of drug-likeness (QED) is 0.768. The summed E-state index contributed by atoms with van der Waals surface area (Å²) in [6.07, 6.45) is 4.60. The van der Waals surface area contributed by atoms with Crippen molar-refractivity contribution in [3.8, 4) is 0 Å². The number of halogens is 1. The fourth-order valence-electron chi connectivity index (χ4n) is 1.57. The van der Waals surface area contributed by atoms with Crippen molar-refractivity contribution in [1.82, 2.24) is 20.4 Å². The number of nitrogens with zero attached hydrogens (tertiary/aromatic N) is 2. The Hall–Kier alpha value is -0.720. The number of carbonyl (C=O) groups is 1. The zero-order chi connectivity index (χ0) is 11.2. The van der Waals surface area contributed by atoms with Crippen LogP contribution in [0.25, 0.3) is 0 Å². The molecule has 0 bridgehead atoms. The van der Waals surface area contributed by atoms with Crippen LogP contribution >= 0.6 is 24.2 Å². The molecule has 1 fully saturated rings. The normalized spacial score (nSPS) is 18.7. The number of carbonyl (C=O) groups excluding carboxylic acids is 1. The summed E-state index contributed by atoms with van der Waals surface area (Å²) < 4.78 is 1.87. The number of amides is 1. The zero-order valence-electron chi connectivity index (χ0n) is 9.46. The second-order valence-corrected chi connectivity index (χ2v) is 4.72. The lowest BCUT2D eigenvalue weighted by atomic mass is 10.3. The Balaban J connectivity index is 0.00000144. The molecule has 7 heteroatoms. The van der Waals surface area contributed by atoms with E-state index in [1.807, 2.05) is 16.9 Å². The van der Waals surface area contributed by atoms with Gasteiger partial charge in [-0.15, -0.1) is 24.2 Å². The standard InChI is InChI=1S/C10H16N4OS.ClH/c15-10(9-7-16-8-12-9)11-3-1-5-14-6-2-4-13-14;/h2,4,6,9,12H,1,3,5,7-8H2,(H,11,15);1H. The van der Waals surface area contributed by atoms with Crippen molar-refractivity contribution in [3.63, 3.8) is 0 Å². The van der Waals surface area contributed by atoms with Crippen molar-refractivity contribution < 1.29 is 4.79 Å². The van der Waals surface area contributed by atoms with Crippen molar-refractivity contribution >= 4 is 30.1 Å². The third kappa shape index (κ3) is 4.57. The van der Waals surface area contributed by atoms with E-state index < -0.39 is 0 Å². The van der Waals surface area contributed by atoms with Crippen molar-refractivity contribution in [1.29, 1.82) is 0 Å². The second-order valence-electron chi connectivity index (χ2n) is 3.69. The molecule has 1 aromatic heterocycles. The van der Waals surface area contributed by atoms with Gasteiger partial charge in [-0.2, -0.15) is 5.10 Å². The van der Waals surface area contributed by atoms with Crippen LogP contribution in [0.4, 0.5) is 0 Å². The molecule has 1 atom stereocenters.